The zero-order chi connectivity index (χ0) is 12.0. The van der Waals surface area contributed by atoms with Crippen LogP contribution in [0.15, 0.2) is 22.7 Å². The van der Waals surface area contributed by atoms with E-state index in [1.165, 1.54) is 12.1 Å². The molecule has 0 bridgehead atoms. The Morgan fingerprint density at radius 3 is 3.00 bits per heavy atom. The fourth-order valence-corrected chi connectivity index (χ4v) is 1.60. The molecule has 0 aliphatic carbocycles. The Hall–Kier alpha value is -0.940. The second-order valence-corrected chi connectivity index (χ2v) is 4.07. The van der Waals surface area contributed by atoms with Crippen LogP contribution >= 0.6 is 15.9 Å². The summed E-state index contributed by atoms with van der Waals surface area (Å²) >= 11 is 3.32. The van der Waals surface area contributed by atoms with Crippen molar-refractivity contribution in [3.05, 3.63) is 34.1 Å². The van der Waals surface area contributed by atoms with Crippen molar-refractivity contribution >= 4 is 21.8 Å². The lowest BCUT2D eigenvalue weighted by atomic mass is 10.1. The lowest BCUT2D eigenvalue weighted by Gasteiger charge is -2.05. The first kappa shape index (κ1) is 13.1. The Balaban J connectivity index is 2.37. The Labute approximate surface area is 102 Å². The largest absolute Gasteiger partial charge is 0.371 e. The van der Waals surface area contributed by atoms with E-state index >= 15 is 0 Å². The van der Waals surface area contributed by atoms with E-state index in [2.05, 4.69) is 21.2 Å². The maximum atomic E-state index is 12.9. The minimum absolute atomic E-state index is 0.0312. The molecular formula is C11H13BrFNO2. The number of carbonyl (C=O) groups is 1. The third-order valence-corrected chi connectivity index (χ3v) is 2.81. The van der Waals surface area contributed by atoms with Crippen LogP contribution in [-0.2, 0) is 16.0 Å². The van der Waals surface area contributed by atoms with Crippen molar-refractivity contribution in [2.75, 3.05) is 20.3 Å². The fraction of sp³-hybridized carbons (Fsp3) is 0.364. The van der Waals surface area contributed by atoms with Gasteiger partial charge in [0.1, 0.15) is 12.4 Å². The predicted octanol–water partition coefficient (Wildman–Crippen LogP) is 1.89. The van der Waals surface area contributed by atoms with Crippen molar-refractivity contribution in [2.24, 2.45) is 0 Å². The van der Waals surface area contributed by atoms with E-state index in [0.717, 1.165) is 10.0 Å². The molecule has 0 saturated carbocycles. The van der Waals surface area contributed by atoms with Crippen molar-refractivity contribution in [2.45, 2.75) is 6.42 Å². The van der Waals surface area contributed by atoms with Crippen LogP contribution in [0.4, 0.5) is 4.39 Å². The average molecular weight is 290 g/mol. The zero-order valence-corrected chi connectivity index (χ0v) is 10.5. The second-order valence-electron chi connectivity index (χ2n) is 3.21. The van der Waals surface area contributed by atoms with E-state index in [4.69, 9.17) is 4.74 Å². The fourth-order valence-electron chi connectivity index (χ4n) is 1.15. The van der Waals surface area contributed by atoms with Gasteiger partial charge < -0.3 is 10.1 Å². The SMILES string of the molecule is CNC(=O)COCCc1cc(F)ccc1Br. The van der Waals surface area contributed by atoms with Crippen molar-refractivity contribution in [3.8, 4) is 0 Å². The first-order chi connectivity index (χ1) is 7.63. The first-order valence-corrected chi connectivity index (χ1v) is 5.65. The first-order valence-electron chi connectivity index (χ1n) is 4.85. The van der Waals surface area contributed by atoms with E-state index in [1.54, 1.807) is 13.1 Å². The highest BCUT2D eigenvalue weighted by Crippen LogP contribution is 2.18. The molecule has 0 fully saturated rings. The minimum atomic E-state index is -0.274. The zero-order valence-electron chi connectivity index (χ0n) is 8.93. The van der Waals surface area contributed by atoms with E-state index in [-0.39, 0.29) is 18.3 Å². The van der Waals surface area contributed by atoms with Crippen LogP contribution in [0.3, 0.4) is 0 Å². The highest BCUT2D eigenvalue weighted by molar-refractivity contribution is 9.10. The number of hydrogen-bond acceptors (Lipinski definition) is 2. The molecule has 16 heavy (non-hydrogen) atoms. The van der Waals surface area contributed by atoms with Gasteiger partial charge in [-0.2, -0.15) is 0 Å². The van der Waals surface area contributed by atoms with Crippen LogP contribution in [0, 0.1) is 5.82 Å². The van der Waals surface area contributed by atoms with Gasteiger partial charge in [0.15, 0.2) is 0 Å². The summed E-state index contributed by atoms with van der Waals surface area (Å²) in [5, 5.41) is 2.45. The smallest absolute Gasteiger partial charge is 0.245 e. The van der Waals surface area contributed by atoms with Crippen molar-refractivity contribution < 1.29 is 13.9 Å². The summed E-state index contributed by atoms with van der Waals surface area (Å²) in [6, 6.07) is 4.50. The lowest BCUT2D eigenvalue weighted by Crippen LogP contribution is -2.23. The summed E-state index contributed by atoms with van der Waals surface area (Å²) < 4.78 is 18.9. The van der Waals surface area contributed by atoms with Gasteiger partial charge in [-0.25, -0.2) is 4.39 Å². The van der Waals surface area contributed by atoms with E-state index < -0.39 is 0 Å². The molecule has 1 aromatic rings. The lowest BCUT2D eigenvalue weighted by molar-refractivity contribution is -0.125. The Morgan fingerprint density at radius 2 is 2.31 bits per heavy atom. The minimum Gasteiger partial charge on any atom is -0.371 e. The number of benzene rings is 1. The van der Waals surface area contributed by atoms with Gasteiger partial charge >= 0.3 is 0 Å². The quantitative estimate of drug-likeness (QED) is 0.841. The highest BCUT2D eigenvalue weighted by Gasteiger charge is 2.03. The van der Waals surface area contributed by atoms with Crippen molar-refractivity contribution in [1.82, 2.24) is 5.32 Å². The van der Waals surface area contributed by atoms with Crippen LogP contribution in [0.5, 0.6) is 0 Å². The number of likely N-dealkylation sites (N-methyl/N-ethyl adjacent to an activating group) is 1. The van der Waals surface area contributed by atoms with Crippen LogP contribution < -0.4 is 5.32 Å². The third-order valence-electron chi connectivity index (χ3n) is 2.04. The molecule has 0 radical (unpaired) electrons. The molecule has 0 heterocycles. The molecule has 0 aliphatic rings. The molecule has 0 saturated heterocycles. The number of rotatable bonds is 5. The average Bonchev–Trinajstić information content (AvgIpc) is 2.28. The summed E-state index contributed by atoms with van der Waals surface area (Å²) in [6.45, 7) is 0.416. The van der Waals surface area contributed by atoms with Crippen LogP contribution in [-0.4, -0.2) is 26.2 Å². The predicted molar refractivity (Wildman–Crippen MR) is 62.7 cm³/mol. The van der Waals surface area contributed by atoms with Gasteiger partial charge in [-0.1, -0.05) is 15.9 Å². The van der Waals surface area contributed by atoms with Crippen LogP contribution in [0.1, 0.15) is 5.56 Å². The molecule has 0 aromatic heterocycles. The number of ether oxygens (including phenoxy) is 1. The van der Waals surface area contributed by atoms with Gasteiger partial charge in [-0.05, 0) is 30.2 Å². The number of amides is 1. The Morgan fingerprint density at radius 1 is 1.56 bits per heavy atom. The molecule has 88 valence electrons. The summed E-state index contributed by atoms with van der Waals surface area (Å²) in [6.07, 6.45) is 0.565. The monoisotopic (exact) mass is 289 g/mol. The molecule has 1 aromatic carbocycles. The standard InChI is InChI=1S/C11H13BrFNO2/c1-14-11(15)7-16-5-4-8-6-9(13)2-3-10(8)12/h2-3,6H,4-5,7H2,1H3,(H,14,15). The molecule has 3 nitrogen and oxygen atoms in total. The van der Waals surface area contributed by atoms with Gasteiger partial charge in [0, 0.05) is 11.5 Å². The molecule has 0 atom stereocenters. The molecular weight excluding hydrogens is 277 g/mol. The van der Waals surface area contributed by atoms with Crippen molar-refractivity contribution in [1.29, 1.82) is 0 Å². The van der Waals surface area contributed by atoms with Gasteiger partial charge in [-0.15, -0.1) is 0 Å². The molecule has 0 spiro atoms. The van der Waals surface area contributed by atoms with Crippen LogP contribution in [0.25, 0.3) is 0 Å². The van der Waals surface area contributed by atoms with Crippen molar-refractivity contribution in [3.63, 3.8) is 0 Å². The molecule has 0 unspecified atom stereocenters. The van der Waals surface area contributed by atoms with Gasteiger partial charge in [0.05, 0.1) is 6.61 Å². The number of nitrogens with one attached hydrogen (secondary N) is 1. The van der Waals surface area contributed by atoms with E-state index in [0.29, 0.717) is 13.0 Å². The molecule has 1 amide bonds. The topological polar surface area (TPSA) is 38.3 Å². The third kappa shape index (κ3) is 4.28. The van der Waals surface area contributed by atoms with E-state index in [9.17, 15) is 9.18 Å². The maximum Gasteiger partial charge on any atom is 0.245 e. The molecule has 0 aliphatic heterocycles. The highest BCUT2D eigenvalue weighted by atomic mass is 79.9. The normalized spacial score (nSPS) is 10.2. The Kier molecular flexibility index (Phi) is 5.42. The molecule has 1 rings (SSSR count). The summed E-state index contributed by atoms with van der Waals surface area (Å²) in [5.74, 6) is -0.442. The number of carbonyl (C=O) groups excluding carboxylic acids is 1. The summed E-state index contributed by atoms with van der Waals surface area (Å²) in [7, 11) is 1.55. The summed E-state index contributed by atoms with van der Waals surface area (Å²) in [5.41, 5.74) is 0.830. The number of halogens is 2. The van der Waals surface area contributed by atoms with Gasteiger partial charge in [-0.3, -0.25) is 4.79 Å². The Bertz CT molecular complexity index is 371. The van der Waals surface area contributed by atoms with Gasteiger partial charge in [0.25, 0.3) is 0 Å². The number of hydrogen-bond donors (Lipinski definition) is 1. The maximum absolute atomic E-state index is 12.9. The van der Waals surface area contributed by atoms with E-state index in [1.807, 2.05) is 0 Å². The molecule has 1 N–H and O–H groups in total. The summed E-state index contributed by atoms with van der Waals surface area (Å²) in [4.78, 5) is 10.8. The van der Waals surface area contributed by atoms with Gasteiger partial charge in [0.2, 0.25) is 5.91 Å². The van der Waals surface area contributed by atoms with Crippen LogP contribution in [0.2, 0.25) is 0 Å². The molecule has 5 heteroatoms. The second kappa shape index (κ2) is 6.60.